The largest absolute Gasteiger partial charge is 0.376 e. The fourth-order valence-corrected chi connectivity index (χ4v) is 1.15. The van der Waals surface area contributed by atoms with Crippen LogP contribution in [0.3, 0.4) is 0 Å². The van der Waals surface area contributed by atoms with E-state index in [0.717, 1.165) is 5.57 Å². The highest BCUT2D eigenvalue weighted by Gasteiger charge is 2.13. The van der Waals surface area contributed by atoms with Crippen molar-refractivity contribution in [2.75, 3.05) is 11.9 Å². The smallest absolute Gasteiger partial charge is 0.293 e. The summed E-state index contributed by atoms with van der Waals surface area (Å²) in [6.07, 6.45) is 0. The fourth-order valence-electron chi connectivity index (χ4n) is 1.15. The van der Waals surface area contributed by atoms with Gasteiger partial charge in [0.2, 0.25) is 0 Å². The molecule has 1 N–H and O–H groups in total. The quantitative estimate of drug-likeness (QED) is 0.477. The summed E-state index contributed by atoms with van der Waals surface area (Å²) >= 11 is 0. The first kappa shape index (κ1) is 11.7. The van der Waals surface area contributed by atoms with E-state index in [1.807, 2.05) is 13.0 Å². The van der Waals surface area contributed by atoms with E-state index in [9.17, 15) is 10.1 Å². The van der Waals surface area contributed by atoms with Crippen LogP contribution in [0.2, 0.25) is 0 Å². The predicted molar refractivity (Wildman–Crippen MR) is 61.1 cm³/mol. The van der Waals surface area contributed by atoms with Crippen molar-refractivity contribution >= 4 is 11.4 Å². The van der Waals surface area contributed by atoms with Crippen molar-refractivity contribution in [2.24, 2.45) is 0 Å². The lowest BCUT2D eigenvalue weighted by molar-refractivity contribution is -0.384. The number of nitro groups is 1. The van der Waals surface area contributed by atoms with E-state index < -0.39 is 4.92 Å². The maximum absolute atomic E-state index is 10.8. The average Bonchev–Trinajstić information content (AvgIpc) is 2.25. The Hall–Kier alpha value is -2.35. The van der Waals surface area contributed by atoms with E-state index in [0.29, 0.717) is 12.2 Å². The molecule has 5 nitrogen and oxygen atoms in total. The van der Waals surface area contributed by atoms with Gasteiger partial charge >= 0.3 is 0 Å². The van der Waals surface area contributed by atoms with Crippen LogP contribution in [0.5, 0.6) is 0 Å². The fraction of sp³-hybridized carbons (Fsp3) is 0.182. The van der Waals surface area contributed by atoms with Gasteiger partial charge < -0.3 is 5.32 Å². The van der Waals surface area contributed by atoms with E-state index in [2.05, 4.69) is 11.9 Å². The molecule has 0 aromatic heterocycles. The Morgan fingerprint density at radius 1 is 1.69 bits per heavy atom. The van der Waals surface area contributed by atoms with E-state index >= 15 is 0 Å². The summed E-state index contributed by atoms with van der Waals surface area (Å²) in [6.45, 7) is 5.98. The molecule has 0 heterocycles. The van der Waals surface area contributed by atoms with Gasteiger partial charge in [-0.05, 0) is 19.1 Å². The van der Waals surface area contributed by atoms with Crippen LogP contribution in [-0.2, 0) is 0 Å². The van der Waals surface area contributed by atoms with Crippen LogP contribution in [0.1, 0.15) is 12.5 Å². The minimum atomic E-state index is -0.512. The Balaban J connectivity index is 3.04. The molecule has 0 aliphatic rings. The first-order valence-corrected chi connectivity index (χ1v) is 4.61. The van der Waals surface area contributed by atoms with Crippen LogP contribution in [0.15, 0.2) is 30.4 Å². The topological polar surface area (TPSA) is 79.0 Å². The van der Waals surface area contributed by atoms with Crippen molar-refractivity contribution in [3.63, 3.8) is 0 Å². The molecular formula is C11H11N3O2. The molecule has 0 aliphatic carbocycles. The lowest BCUT2D eigenvalue weighted by Gasteiger charge is -2.06. The van der Waals surface area contributed by atoms with E-state index in [-0.39, 0.29) is 11.3 Å². The monoisotopic (exact) mass is 217 g/mol. The van der Waals surface area contributed by atoms with Gasteiger partial charge in [0.25, 0.3) is 5.69 Å². The van der Waals surface area contributed by atoms with Crippen LogP contribution in [0.4, 0.5) is 11.4 Å². The molecule has 0 unspecified atom stereocenters. The van der Waals surface area contributed by atoms with Gasteiger partial charge in [-0.25, -0.2) is 0 Å². The summed E-state index contributed by atoms with van der Waals surface area (Å²) in [7, 11) is 0. The number of benzene rings is 1. The summed E-state index contributed by atoms with van der Waals surface area (Å²) in [5.74, 6) is 0. The van der Waals surface area contributed by atoms with Gasteiger partial charge in [0.1, 0.15) is 5.69 Å². The lowest BCUT2D eigenvalue weighted by atomic mass is 10.2. The van der Waals surface area contributed by atoms with Crippen molar-refractivity contribution in [3.05, 3.63) is 46.0 Å². The molecule has 82 valence electrons. The van der Waals surface area contributed by atoms with Crippen LogP contribution in [-0.4, -0.2) is 11.5 Å². The Morgan fingerprint density at radius 3 is 2.88 bits per heavy atom. The minimum absolute atomic E-state index is 0.0969. The summed E-state index contributed by atoms with van der Waals surface area (Å²) < 4.78 is 0. The van der Waals surface area contributed by atoms with E-state index in [4.69, 9.17) is 5.26 Å². The first-order chi connectivity index (χ1) is 7.54. The summed E-state index contributed by atoms with van der Waals surface area (Å²) in [5.41, 5.74) is 1.44. The molecule has 1 aromatic rings. The number of hydrogen-bond acceptors (Lipinski definition) is 4. The number of anilines is 1. The molecule has 1 aromatic carbocycles. The van der Waals surface area contributed by atoms with Gasteiger partial charge in [0.15, 0.2) is 0 Å². The number of rotatable bonds is 4. The molecule has 0 aliphatic heterocycles. The Morgan fingerprint density at radius 2 is 2.38 bits per heavy atom. The number of nitrogens with one attached hydrogen (secondary N) is 1. The molecule has 16 heavy (non-hydrogen) atoms. The van der Waals surface area contributed by atoms with Crippen LogP contribution < -0.4 is 5.32 Å². The molecule has 0 atom stereocenters. The van der Waals surface area contributed by atoms with Gasteiger partial charge in [-0.3, -0.25) is 10.1 Å². The minimum Gasteiger partial charge on any atom is -0.376 e. The molecular weight excluding hydrogens is 206 g/mol. The third-order valence-corrected chi connectivity index (χ3v) is 1.90. The summed E-state index contributed by atoms with van der Waals surface area (Å²) in [6, 6.07) is 6.18. The van der Waals surface area contributed by atoms with Gasteiger partial charge in [0.05, 0.1) is 16.6 Å². The van der Waals surface area contributed by atoms with Crippen LogP contribution >= 0.6 is 0 Å². The Bertz CT molecular complexity index is 475. The first-order valence-electron chi connectivity index (χ1n) is 4.61. The van der Waals surface area contributed by atoms with Gasteiger partial charge in [-0.1, -0.05) is 12.2 Å². The van der Waals surface area contributed by atoms with Gasteiger partial charge in [-0.2, -0.15) is 5.26 Å². The SMILES string of the molecule is C=C(C)CNc1ccc(C#N)cc1[N+](=O)[O-]. The van der Waals surface area contributed by atoms with Crippen molar-refractivity contribution < 1.29 is 4.92 Å². The standard InChI is InChI=1S/C11H11N3O2/c1-8(2)7-13-10-4-3-9(6-12)5-11(10)14(15)16/h3-5,13H,1,7H2,2H3. The van der Waals surface area contributed by atoms with Crippen molar-refractivity contribution in [2.45, 2.75) is 6.92 Å². The number of hydrogen-bond donors (Lipinski definition) is 1. The number of nitrogens with zero attached hydrogens (tertiary/aromatic N) is 2. The zero-order chi connectivity index (χ0) is 12.1. The molecule has 5 heteroatoms. The van der Waals surface area contributed by atoms with Gasteiger partial charge in [-0.15, -0.1) is 0 Å². The number of nitro benzene ring substituents is 1. The zero-order valence-corrected chi connectivity index (χ0v) is 8.86. The molecule has 0 fully saturated rings. The predicted octanol–water partition coefficient (Wildman–Crippen LogP) is 2.45. The molecule has 0 saturated carbocycles. The van der Waals surface area contributed by atoms with Crippen molar-refractivity contribution in [3.8, 4) is 6.07 Å². The molecule has 0 bridgehead atoms. The van der Waals surface area contributed by atoms with Gasteiger partial charge in [0, 0.05) is 12.6 Å². The van der Waals surface area contributed by atoms with Crippen molar-refractivity contribution in [1.82, 2.24) is 0 Å². The highest BCUT2D eigenvalue weighted by Crippen LogP contribution is 2.25. The normalized spacial score (nSPS) is 9.25. The highest BCUT2D eigenvalue weighted by molar-refractivity contribution is 5.64. The molecule has 0 radical (unpaired) electrons. The zero-order valence-electron chi connectivity index (χ0n) is 8.86. The maximum atomic E-state index is 10.8. The van der Waals surface area contributed by atoms with Crippen LogP contribution in [0.25, 0.3) is 0 Å². The number of nitriles is 1. The summed E-state index contributed by atoms with van der Waals surface area (Å²) in [4.78, 5) is 10.3. The average molecular weight is 217 g/mol. The van der Waals surface area contributed by atoms with Crippen LogP contribution in [0, 0.1) is 21.4 Å². The van der Waals surface area contributed by atoms with E-state index in [1.165, 1.54) is 18.2 Å². The second-order valence-electron chi connectivity index (χ2n) is 3.41. The van der Waals surface area contributed by atoms with Crippen molar-refractivity contribution in [1.29, 1.82) is 5.26 Å². The lowest BCUT2D eigenvalue weighted by Crippen LogP contribution is -2.04. The summed E-state index contributed by atoms with van der Waals surface area (Å²) in [5, 5.41) is 22.3. The highest BCUT2D eigenvalue weighted by atomic mass is 16.6. The third-order valence-electron chi connectivity index (χ3n) is 1.90. The Labute approximate surface area is 93.2 Å². The van der Waals surface area contributed by atoms with E-state index in [1.54, 1.807) is 0 Å². The molecule has 0 saturated heterocycles. The molecule has 1 rings (SSSR count). The maximum Gasteiger partial charge on any atom is 0.293 e. The third kappa shape index (κ3) is 2.82. The second-order valence-corrected chi connectivity index (χ2v) is 3.41. The Kier molecular flexibility index (Phi) is 3.62. The molecule has 0 spiro atoms. The second kappa shape index (κ2) is 4.94. The molecule has 0 amide bonds.